The standard InChI is InChI=1S/C32H37ClN6O5/c1-3-34-30(43)18-25-32-38-37-19(2)39(32)26-13-12-23(17-24(26)31(36-25)20-7-9-21(33)10-8-20)44-15-5-4-6-29(42)35-22-11-14-27(40)28(41)16-22/h7-14,16-17,19,25,32,37-38,40-41H,3-6,15,18H2,1-2H3,(H,34,43)(H,35,42)/t19?,25-,32?/m0/s1. The van der Waals surface area contributed by atoms with Crippen LogP contribution in [0, 0.1) is 0 Å². The largest absolute Gasteiger partial charge is 0.504 e. The van der Waals surface area contributed by atoms with E-state index >= 15 is 0 Å². The van der Waals surface area contributed by atoms with Crippen molar-refractivity contribution in [3.63, 3.8) is 0 Å². The minimum atomic E-state index is -0.377. The molecule has 6 N–H and O–H groups in total. The summed E-state index contributed by atoms with van der Waals surface area (Å²) in [6, 6.07) is 17.2. The second-order valence-electron chi connectivity index (χ2n) is 10.8. The molecule has 2 amide bonds. The summed E-state index contributed by atoms with van der Waals surface area (Å²) in [5.74, 6) is -0.126. The molecular weight excluding hydrogens is 584 g/mol. The third-order valence-electron chi connectivity index (χ3n) is 7.53. The van der Waals surface area contributed by atoms with Crippen LogP contribution in [0.15, 0.2) is 65.7 Å². The molecule has 0 spiro atoms. The van der Waals surface area contributed by atoms with Crippen LogP contribution in [0.4, 0.5) is 11.4 Å². The maximum Gasteiger partial charge on any atom is 0.224 e. The Hall–Kier alpha value is -4.32. The van der Waals surface area contributed by atoms with E-state index in [2.05, 4.69) is 33.3 Å². The summed E-state index contributed by atoms with van der Waals surface area (Å²) in [6.45, 7) is 4.90. The van der Waals surface area contributed by atoms with E-state index in [4.69, 9.17) is 21.3 Å². The molecule has 1 saturated heterocycles. The lowest BCUT2D eigenvalue weighted by Crippen LogP contribution is -2.47. The van der Waals surface area contributed by atoms with Crippen molar-refractivity contribution >= 4 is 40.5 Å². The van der Waals surface area contributed by atoms with Gasteiger partial charge in [0, 0.05) is 46.6 Å². The molecule has 2 unspecified atom stereocenters. The van der Waals surface area contributed by atoms with Crippen molar-refractivity contribution in [2.45, 2.75) is 57.9 Å². The molecule has 0 aromatic heterocycles. The van der Waals surface area contributed by atoms with Crippen LogP contribution in [0.3, 0.4) is 0 Å². The van der Waals surface area contributed by atoms with E-state index in [1.807, 2.05) is 49.4 Å². The van der Waals surface area contributed by atoms with Gasteiger partial charge in [-0.1, -0.05) is 23.7 Å². The Morgan fingerprint density at radius 3 is 2.55 bits per heavy atom. The van der Waals surface area contributed by atoms with Crippen molar-refractivity contribution in [1.29, 1.82) is 0 Å². The van der Waals surface area contributed by atoms with Crippen LogP contribution in [0.5, 0.6) is 17.2 Å². The van der Waals surface area contributed by atoms with Gasteiger partial charge in [-0.25, -0.2) is 10.9 Å². The maximum absolute atomic E-state index is 12.7. The molecule has 0 aliphatic carbocycles. The topological polar surface area (TPSA) is 148 Å². The van der Waals surface area contributed by atoms with Gasteiger partial charge < -0.3 is 30.5 Å². The van der Waals surface area contributed by atoms with E-state index in [-0.39, 0.29) is 54.5 Å². The first-order valence-corrected chi connectivity index (χ1v) is 15.1. The fraction of sp³-hybridized carbons (Fsp3) is 0.344. The van der Waals surface area contributed by atoms with Gasteiger partial charge in [0.15, 0.2) is 11.5 Å². The number of aromatic hydroxyl groups is 2. The third kappa shape index (κ3) is 7.24. The lowest BCUT2D eigenvalue weighted by Gasteiger charge is -2.31. The van der Waals surface area contributed by atoms with E-state index < -0.39 is 0 Å². The summed E-state index contributed by atoms with van der Waals surface area (Å²) in [4.78, 5) is 32.4. The fourth-order valence-corrected chi connectivity index (χ4v) is 5.53. The molecule has 5 rings (SSSR count). The molecule has 44 heavy (non-hydrogen) atoms. The highest BCUT2D eigenvalue weighted by Gasteiger charge is 2.40. The highest BCUT2D eigenvalue weighted by atomic mass is 35.5. The van der Waals surface area contributed by atoms with Gasteiger partial charge in [0.1, 0.15) is 11.9 Å². The van der Waals surface area contributed by atoms with Crippen molar-refractivity contribution < 1.29 is 24.5 Å². The number of hydrogen-bond donors (Lipinski definition) is 6. The zero-order valence-corrected chi connectivity index (χ0v) is 25.4. The lowest BCUT2D eigenvalue weighted by molar-refractivity contribution is -0.121. The van der Waals surface area contributed by atoms with Crippen molar-refractivity contribution in [1.82, 2.24) is 16.2 Å². The zero-order valence-electron chi connectivity index (χ0n) is 24.6. The first-order chi connectivity index (χ1) is 21.2. The number of ether oxygens (including phenoxy) is 1. The number of halogens is 1. The lowest BCUT2D eigenvalue weighted by atomic mass is 9.99. The van der Waals surface area contributed by atoms with E-state index in [0.717, 1.165) is 22.5 Å². The molecule has 0 bridgehead atoms. The molecule has 3 atom stereocenters. The Bertz CT molecular complexity index is 1530. The van der Waals surface area contributed by atoms with Gasteiger partial charge in [-0.15, -0.1) is 0 Å². The Kier molecular flexibility index (Phi) is 9.89. The van der Waals surface area contributed by atoms with Crippen molar-refractivity contribution in [2.75, 3.05) is 23.4 Å². The number of carbonyl (C=O) groups excluding carboxylic acids is 2. The number of nitrogens with one attached hydrogen (secondary N) is 4. The van der Waals surface area contributed by atoms with Gasteiger partial charge in [-0.3, -0.25) is 14.6 Å². The molecule has 11 nitrogen and oxygen atoms in total. The summed E-state index contributed by atoms with van der Waals surface area (Å²) in [5.41, 5.74) is 10.5. The number of amides is 2. The van der Waals surface area contributed by atoms with E-state index in [9.17, 15) is 19.8 Å². The maximum atomic E-state index is 12.7. The van der Waals surface area contributed by atoms with Crippen LogP contribution < -0.4 is 31.1 Å². The zero-order chi connectivity index (χ0) is 31.2. The Labute approximate surface area is 261 Å². The number of aliphatic imine (C=N–C) groups is 1. The minimum Gasteiger partial charge on any atom is -0.504 e. The normalized spacial score (nSPS) is 18.9. The number of nitrogens with zero attached hydrogens (tertiary/aromatic N) is 2. The number of hydrazine groups is 1. The quantitative estimate of drug-likeness (QED) is 0.106. The first kappa shape index (κ1) is 31.1. The van der Waals surface area contributed by atoms with Crippen LogP contribution in [0.25, 0.3) is 0 Å². The number of phenolic OH excluding ortho intramolecular Hbond substituents is 2. The average Bonchev–Trinajstić information content (AvgIpc) is 3.32. The van der Waals surface area contributed by atoms with Crippen molar-refractivity contribution in [3.05, 3.63) is 76.8 Å². The van der Waals surface area contributed by atoms with Crippen LogP contribution in [-0.2, 0) is 9.59 Å². The molecule has 2 aliphatic rings. The van der Waals surface area contributed by atoms with Gasteiger partial charge >= 0.3 is 0 Å². The molecule has 3 aromatic carbocycles. The summed E-state index contributed by atoms with van der Waals surface area (Å²) < 4.78 is 6.12. The number of rotatable bonds is 11. The molecule has 2 aliphatic heterocycles. The Morgan fingerprint density at radius 1 is 1.00 bits per heavy atom. The SMILES string of the molecule is CCNC(=O)C[C@@H]1N=C(c2ccc(Cl)cc2)c2cc(OCCCCC(=O)Nc3ccc(O)c(O)c3)ccc2N2C(C)NNC12. The van der Waals surface area contributed by atoms with Gasteiger partial charge in [-0.2, -0.15) is 0 Å². The summed E-state index contributed by atoms with van der Waals surface area (Å²) in [5, 5.41) is 25.3. The van der Waals surface area contributed by atoms with Crippen LogP contribution in [-0.4, -0.2) is 59.3 Å². The Morgan fingerprint density at radius 2 is 1.80 bits per heavy atom. The second-order valence-corrected chi connectivity index (χ2v) is 11.2. The number of phenols is 2. The smallest absolute Gasteiger partial charge is 0.224 e. The minimum absolute atomic E-state index is 0.0567. The second kappa shape index (κ2) is 14.0. The number of hydrogen-bond acceptors (Lipinski definition) is 9. The fourth-order valence-electron chi connectivity index (χ4n) is 5.41. The van der Waals surface area contributed by atoms with E-state index in [0.29, 0.717) is 42.5 Å². The number of unbranched alkanes of at least 4 members (excludes halogenated alkanes) is 1. The van der Waals surface area contributed by atoms with Crippen molar-refractivity contribution in [2.24, 2.45) is 4.99 Å². The van der Waals surface area contributed by atoms with Crippen molar-refractivity contribution in [3.8, 4) is 17.2 Å². The number of benzene rings is 3. The highest BCUT2D eigenvalue weighted by Crippen LogP contribution is 2.36. The number of carbonyl (C=O) groups is 2. The Balaban J connectivity index is 1.32. The molecule has 0 radical (unpaired) electrons. The highest BCUT2D eigenvalue weighted by molar-refractivity contribution is 6.30. The van der Waals surface area contributed by atoms with Crippen LogP contribution >= 0.6 is 11.6 Å². The number of anilines is 2. The monoisotopic (exact) mass is 620 g/mol. The van der Waals surface area contributed by atoms with E-state index in [1.54, 1.807) is 0 Å². The van der Waals surface area contributed by atoms with Gasteiger partial charge in [0.05, 0.1) is 30.9 Å². The molecule has 12 heteroatoms. The van der Waals surface area contributed by atoms with Gasteiger partial charge in [0.2, 0.25) is 11.8 Å². The molecule has 3 aromatic rings. The predicted molar refractivity (Wildman–Crippen MR) is 170 cm³/mol. The summed E-state index contributed by atoms with van der Waals surface area (Å²) in [7, 11) is 0. The molecular formula is C32H37ClN6O5. The van der Waals surface area contributed by atoms with Gasteiger partial charge in [0.25, 0.3) is 0 Å². The van der Waals surface area contributed by atoms with E-state index in [1.165, 1.54) is 18.2 Å². The summed E-state index contributed by atoms with van der Waals surface area (Å²) in [6.07, 6.45) is 1.44. The molecule has 2 heterocycles. The summed E-state index contributed by atoms with van der Waals surface area (Å²) >= 11 is 6.21. The van der Waals surface area contributed by atoms with Gasteiger partial charge in [-0.05, 0) is 69.2 Å². The number of fused-ring (bicyclic) bond motifs is 3. The average molecular weight is 621 g/mol. The predicted octanol–water partition coefficient (Wildman–Crippen LogP) is 4.27. The first-order valence-electron chi connectivity index (χ1n) is 14.7. The third-order valence-corrected chi connectivity index (χ3v) is 7.78. The molecule has 0 saturated carbocycles. The molecule has 1 fully saturated rings. The van der Waals surface area contributed by atoms with Crippen LogP contribution in [0.1, 0.15) is 50.7 Å². The molecule has 232 valence electrons. The van der Waals surface area contributed by atoms with Crippen LogP contribution in [0.2, 0.25) is 5.02 Å².